The number of pyridine rings is 1. The van der Waals surface area contributed by atoms with Crippen molar-refractivity contribution in [1.29, 1.82) is 0 Å². The standard InChI is InChI=1S/C16H17FN2O2S.2C2HF3O2/c17-14-2-1-4-18-15(14)21-13-6-16(22-9-13)10-19(11-16)7-12-3-5-20-8-12;2*3-2(4,5)1(6)7/h1-5,8,13H,6-7,9-11H2;2*(H,6,7). The predicted octanol–water partition coefficient (Wildman–Crippen LogP) is 4.22. The van der Waals surface area contributed by atoms with Gasteiger partial charge in [-0.05, 0) is 18.2 Å². The number of hydrogen-bond acceptors (Lipinski definition) is 7. The number of furan rings is 1. The minimum absolute atomic E-state index is 0.0467. The number of aliphatic carboxylic acids is 2. The molecule has 0 radical (unpaired) electrons. The molecule has 2 N–H and O–H groups in total. The molecule has 2 aliphatic rings. The van der Waals surface area contributed by atoms with E-state index < -0.39 is 24.3 Å². The number of carboxylic acids is 2. The second-order valence-electron chi connectivity index (χ2n) is 7.61. The number of nitrogens with zero attached hydrogens (tertiary/aromatic N) is 2. The Balaban J connectivity index is 0.000000271. The topological polar surface area (TPSA) is 113 Å². The monoisotopic (exact) mass is 548 g/mol. The average Bonchev–Trinajstić information content (AvgIpc) is 3.39. The summed E-state index contributed by atoms with van der Waals surface area (Å²) >= 11 is 1.94. The number of halogens is 7. The van der Waals surface area contributed by atoms with Crippen molar-refractivity contribution in [3.05, 3.63) is 48.3 Å². The molecule has 1 unspecified atom stereocenters. The summed E-state index contributed by atoms with van der Waals surface area (Å²) in [6.07, 6.45) is -4.10. The highest BCUT2D eigenvalue weighted by atomic mass is 32.2. The van der Waals surface area contributed by atoms with Gasteiger partial charge < -0.3 is 19.4 Å². The van der Waals surface area contributed by atoms with Crippen LogP contribution in [0.4, 0.5) is 30.7 Å². The maximum Gasteiger partial charge on any atom is 0.490 e. The molecule has 8 nitrogen and oxygen atoms in total. The Morgan fingerprint density at radius 2 is 1.72 bits per heavy atom. The van der Waals surface area contributed by atoms with Gasteiger partial charge in [0.1, 0.15) is 6.10 Å². The van der Waals surface area contributed by atoms with E-state index in [0.29, 0.717) is 0 Å². The third kappa shape index (κ3) is 8.89. The molecule has 4 heterocycles. The molecule has 200 valence electrons. The molecule has 2 fully saturated rings. The number of ether oxygens (including phenoxy) is 1. The van der Waals surface area contributed by atoms with Crippen molar-refractivity contribution in [3.8, 4) is 5.88 Å². The number of aromatic nitrogens is 1. The van der Waals surface area contributed by atoms with Crippen LogP contribution < -0.4 is 4.74 Å². The smallest absolute Gasteiger partial charge is 0.475 e. The van der Waals surface area contributed by atoms with E-state index in [-0.39, 0.29) is 22.5 Å². The van der Waals surface area contributed by atoms with Gasteiger partial charge in [-0.2, -0.15) is 26.3 Å². The Labute approximate surface area is 203 Å². The number of rotatable bonds is 4. The summed E-state index contributed by atoms with van der Waals surface area (Å²) in [5, 5.41) is 14.2. The van der Waals surface area contributed by atoms with E-state index in [1.807, 2.05) is 17.8 Å². The highest BCUT2D eigenvalue weighted by Crippen LogP contribution is 2.46. The number of alkyl halides is 6. The van der Waals surface area contributed by atoms with Crippen molar-refractivity contribution >= 4 is 23.7 Å². The van der Waals surface area contributed by atoms with Crippen LogP contribution in [0.2, 0.25) is 0 Å². The van der Waals surface area contributed by atoms with E-state index in [0.717, 1.165) is 31.8 Å². The zero-order chi connectivity index (χ0) is 27.1. The number of likely N-dealkylation sites (tertiary alicyclic amines) is 1. The molecule has 0 amide bonds. The summed E-state index contributed by atoms with van der Waals surface area (Å²) in [4.78, 5) is 24.2. The third-order valence-electron chi connectivity index (χ3n) is 4.67. The molecular weight excluding hydrogens is 529 g/mol. The van der Waals surface area contributed by atoms with Crippen LogP contribution in [0.15, 0.2) is 41.3 Å². The van der Waals surface area contributed by atoms with Crippen molar-refractivity contribution in [2.24, 2.45) is 0 Å². The quantitative estimate of drug-likeness (QED) is 0.543. The lowest BCUT2D eigenvalue weighted by molar-refractivity contribution is -0.193. The maximum atomic E-state index is 13.6. The SMILES string of the molecule is Fc1cccnc1OC1CSC2(C1)CN(Cc1ccoc1)C2.O=C(O)C(F)(F)F.O=C(O)C(F)(F)F. The summed E-state index contributed by atoms with van der Waals surface area (Å²) in [6.45, 7) is 3.03. The van der Waals surface area contributed by atoms with Crippen LogP contribution >= 0.6 is 11.8 Å². The van der Waals surface area contributed by atoms with E-state index >= 15 is 0 Å². The van der Waals surface area contributed by atoms with Gasteiger partial charge in [-0.25, -0.2) is 19.0 Å². The molecule has 36 heavy (non-hydrogen) atoms. The normalized spacial score (nSPS) is 18.8. The fraction of sp³-hybridized carbons (Fsp3) is 0.450. The number of hydrogen-bond donors (Lipinski definition) is 2. The van der Waals surface area contributed by atoms with E-state index in [2.05, 4.69) is 9.88 Å². The van der Waals surface area contributed by atoms with E-state index in [9.17, 15) is 30.7 Å². The molecule has 0 saturated carbocycles. The van der Waals surface area contributed by atoms with Gasteiger partial charge >= 0.3 is 24.3 Å². The molecule has 0 aliphatic carbocycles. The molecule has 16 heteroatoms. The van der Waals surface area contributed by atoms with Gasteiger partial charge in [0.25, 0.3) is 5.88 Å². The van der Waals surface area contributed by atoms with Crippen LogP contribution in [-0.2, 0) is 16.1 Å². The zero-order valence-electron chi connectivity index (χ0n) is 18.1. The van der Waals surface area contributed by atoms with E-state index in [1.165, 1.54) is 11.6 Å². The summed E-state index contributed by atoms with van der Waals surface area (Å²) in [5.41, 5.74) is 1.21. The molecule has 2 saturated heterocycles. The van der Waals surface area contributed by atoms with E-state index in [1.54, 1.807) is 24.8 Å². The van der Waals surface area contributed by atoms with Crippen LogP contribution in [0.5, 0.6) is 5.88 Å². The Bertz CT molecular complexity index is 987. The lowest BCUT2D eigenvalue weighted by Crippen LogP contribution is -2.58. The van der Waals surface area contributed by atoms with Crippen LogP contribution in [-0.4, -0.2) is 74.1 Å². The highest BCUT2D eigenvalue weighted by Gasteiger charge is 2.49. The molecule has 2 aromatic rings. The summed E-state index contributed by atoms with van der Waals surface area (Å²) < 4.78 is 88.2. The minimum Gasteiger partial charge on any atom is -0.475 e. The van der Waals surface area contributed by atoms with Crippen LogP contribution in [0.25, 0.3) is 0 Å². The Hall–Kier alpha value is -3.01. The van der Waals surface area contributed by atoms with Gasteiger partial charge in [0, 0.05) is 48.3 Å². The molecule has 2 aliphatic heterocycles. The molecule has 2 aromatic heterocycles. The first kappa shape index (κ1) is 29.2. The lowest BCUT2D eigenvalue weighted by atomic mass is 9.92. The molecule has 0 bridgehead atoms. The van der Waals surface area contributed by atoms with Crippen molar-refractivity contribution in [1.82, 2.24) is 9.88 Å². The zero-order valence-corrected chi connectivity index (χ0v) is 18.9. The van der Waals surface area contributed by atoms with Crippen molar-refractivity contribution < 1.29 is 59.7 Å². The van der Waals surface area contributed by atoms with Crippen LogP contribution in [0, 0.1) is 5.82 Å². The third-order valence-corrected chi connectivity index (χ3v) is 6.25. The summed E-state index contributed by atoms with van der Waals surface area (Å²) in [5.74, 6) is -4.88. The molecule has 0 aromatic carbocycles. The van der Waals surface area contributed by atoms with Gasteiger partial charge in [-0.1, -0.05) is 0 Å². The Morgan fingerprint density at radius 3 is 2.19 bits per heavy atom. The molecule has 4 rings (SSSR count). The highest BCUT2D eigenvalue weighted by molar-refractivity contribution is 8.01. The van der Waals surface area contributed by atoms with Crippen LogP contribution in [0.3, 0.4) is 0 Å². The first-order chi connectivity index (χ1) is 16.6. The van der Waals surface area contributed by atoms with Gasteiger partial charge in [-0.3, -0.25) is 4.90 Å². The predicted molar refractivity (Wildman–Crippen MR) is 110 cm³/mol. The summed E-state index contributed by atoms with van der Waals surface area (Å²) in [6, 6.07) is 4.96. The second kappa shape index (κ2) is 11.8. The Kier molecular flexibility index (Phi) is 9.59. The number of carbonyl (C=O) groups is 2. The largest absolute Gasteiger partial charge is 0.490 e. The van der Waals surface area contributed by atoms with Crippen molar-refractivity contribution in [3.63, 3.8) is 0 Å². The fourth-order valence-corrected chi connectivity index (χ4v) is 4.81. The average molecular weight is 548 g/mol. The Morgan fingerprint density at radius 1 is 1.14 bits per heavy atom. The lowest BCUT2D eigenvalue weighted by Gasteiger charge is -2.47. The number of carboxylic acid groups (broad SMARTS) is 2. The van der Waals surface area contributed by atoms with Gasteiger partial charge in [0.15, 0.2) is 5.82 Å². The van der Waals surface area contributed by atoms with Crippen molar-refractivity contribution in [2.75, 3.05) is 18.8 Å². The maximum absolute atomic E-state index is 13.6. The van der Waals surface area contributed by atoms with Gasteiger partial charge in [0.2, 0.25) is 0 Å². The van der Waals surface area contributed by atoms with Crippen LogP contribution in [0.1, 0.15) is 12.0 Å². The molecular formula is C20H19F7N2O6S. The summed E-state index contributed by atoms with van der Waals surface area (Å²) in [7, 11) is 0. The number of thioether (sulfide) groups is 1. The minimum atomic E-state index is -5.08. The second-order valence-corrected chi connectivity index (χ2v) is 9.10. The molecule has 1 spiro atoms. The van der Waals surface area contributed by atoms with Gasteiger partial charge in [0.05, 0.1) is 12.5 Å². The van der Waals surface area contributed by atoms with E-state index in [4.69, 9.17) is 29.0 Å². The first-order valence-corrected chi connectivity index (χ1v) is 10.8. The molecule has 1 atom stereocenters. The fourth-order valence-electron chi connectivity index (χ4n) is 3.24. The first-order valence-electron chi connectivity index (χ1n) is 9.86. The van der Waals surface area contributed by atoms with Gasteiger partial charge in [-0.15, -0.1) is 11.8 Å². The van der Waals surface area contributed by atoms with Crippen molar-refractivity contribution in [2.45, 2.75) is 36.2 Å².